The zero-order chi connectivity index (χ0) is 8.08. The van der Waals surface area contributed by atoms with Crippen molar-refractivity contribution in [1.29, 1.82) is 0 Å². The number of rotatable bonds is 0. The minimum atomic E-state index is -4.67. The largest absolute Gasteiger partial charge is 0.394 e. The lowest BCUT2D eigenvalue weighted by molar-refractivity contribution is -0.0372. The monoisotopic (exact) mass is 159 g/mol. The fourth-order valence-corrected chi connectivity index (χ4v) is 0. The highest BCUT2D eigenvalue weighted by Crippen LogP contribution is 1.59. The van der Waals surface area contributed by atoms with Crippen LogP contribution in [-0.2, 0) is 10.4 Å². The molecule has 0 aliphatic heterocycles. The average Bonchev–Trinajstić information content (AvgIpc) is 1.19. The van der Waals surface area contributed by atoms with Gasteiger partial charge in [-0.1, -0.05) is 0 Å². The molecule has 0 amide bonds. The molecule has 0 saturated heterocycles. The van der Waals surface area contributed by atoms with Gasteiger partial charge in [0.1, 0.15) is 0 Å². The zero-order valence-electron chi connectivity index (χ0n) is 5.01. The molecule has 0 radical (unpaired) electrons. The second-order valence-corrected chi connectivity index (χ2v) is 2.19. The van der Waals surface area contributed by atoms with Crippen molar-refractivity contribution < 1.29 is 22.7 Å². The summed E-state index contributed by atoms with van der Waals surface area (Å²) >= 11 is 0. The third-order valence-electron chi connectivity index (χ3n) is 0. The molecule has 0 heterocycles. The predicted molar refractivity (Wildman–Crippen MR) is 29.7 cm³/mol. The minimum absolute atomic E-state index is 1.00. The third kappa shape index (κ3) is 5920. The summed E-state index contributed by atoms with van der Waals surface area (Å²) in [4.78, 5) is 0. The molecule has 0 aliphatic carbocycles. The van der Waals surface area contributed by atoms with Gasteiger partial charge in [0.25, 0.3) is 0 Å². The molecule has 0 aromatic heterocycles. The maximum atomic E-state index is 8.74. The molecule has 0 rings (SSSR count). The Labute approximate surface area is 53.3 Å². The molecule has 0 saturated carbocycles. The average molecular weight is 159 g/mol. The summed E-state index contributed by atoms with van der Waals surface area (Å²) in [5.74, 6) is 0. The Balaban J connectivity index is 0. The summed E-state index contributed by atoms with van der Waals surface area (Å²) in [5, 5.41) is 8.89. The number of hydroxylamine groups is 2. The lowest BCUT2D eigenvalue weighted by Gasteiger charge is -1.89. The van der Waals surface area contributed by atoms with Crippen molar-refractivity contribution in [2.75, 3.05) is 14.1 Å². The van der Waals surface area contributed by atoms with E-state index in [-0.39, 0.29) is 0 Å². The standard InChI is InChI=1S/C2H7NO.H2O4S/c1-3(2)4;1-5(2,3)4/h4H,1-2H3;(H2,1,2,3,4). The molecule has 3 N–H and O–H groups in total. The van der Waals surface area contributed by atoms with E-state index in [1.54, 1.807) is 14.1 Å². The lowest BCUT2D eigenvalue weighted by Crippen LogP contribution is -2.01. The van der Waals surface area contributed by atoms with Gasteiger partial charge in [0.05, 0.1) is 0 Å². The molecule has 6 nitrogen and oxygen atoms in total. The van der Waals surface area contributed by atoms with Crippen molar-refractivity contribution in [1.82, 2.24) is 5.06 Å². The molecular weight excluding hydrogens is 150 g/mol. The SMILES string of the molecule is CN(C)O.O=S(=O)(O)O. The number of nitrogens with zero attached hydrogens (tertiary/aromatic N) is 1. The van der Waals surface area contributed by atoms with Gasteiger partial charge < -0.3 is 5.21 Å². The maximum absolute atomic E-state index is 8.74. The van der Waals surface area contributed by atoms with Crippen LogP contribution in [0.5, 0.6) is 0 Å². The van der Waals surface area contributed by atoms with Gasteiger partial charge in [0, 0.05) is 14.1 Å². The van der Waals surface area contributed by atoms with Crippen molar-refractivity contribution in [2.45, 2.75) is 0 Å². The van der Waals surface area contributed by atoms with Crippen molar-refractivity contribution in [2.24, 2.45) is 0 Å². The van der Waals surface area contributed by atoms with E-state index in [0.717, 1.165) is 5.06 Å². The Morgan fingerprint density at radius 2 is 1.22 bits per heavy atom. The molecule has 7 heteroatoms. The van der Waals surface area contributed by atoms with Gasteiger partial charge in [0.15, 0.2) is 0 Å². The summed E-state index contributed by atoms with van der Waals surface area (Å²) in [6, 6.07) is 0. The summed E-state index contributed by atoms with van der Waals surface area (Å²) < 4.78 is 31.6. The fourth-order valence-electron chi connectivity index (χ4n) is 0. The topological polar surface area (TPSA) is 98.1 Å². The summed E-state index contributed by atoms with van der Waals surface area (Å²) in [5.41, 5.74) is 0. The van der Waals surface area contributed by atoms with Gasteiger partial charge in [-0.3, -0.25) is 9.11 Å². The molecule has 9 heavy (non-hydrogen) atoms. The van der Waals surface area contributed by atoms with Crippen molar-refractivity contribution >= 4 is 10.4 Å². The first-order valence-corrected chi connectivity index (χ1v) is 3.19. The van der Waals surface area contributed by atoms with E-state index in [2.05, 4.69) is 0 Å². The molecule has 0 aromatic rings. The van der Waals surface area contributed by atoms with E-state index in [9.17, 15) is 0 Å². The van der Waals surface area contributed by atoms with Crippen molar-refractivity contribution in [3.8, 4) is 0 Å². The molecule has 0 unspecified atom stereocenters. The van der Waals surface area contributed by atoms with Crippen molar-refractivity contribution in [3.05, 3.63) is 0 Å². The summed E-state index contributed by atoms with van der Waals surface area (Å²) in [7, 11) is -1.56. The van der Waals surface area contributed by atoms with E-state index in [1.807, 2.05) is 0 Å². The summed E-state index contributed by atoms with van der Waals surface area (Å²) in [6.45, 7) is 0. The van der Waals surface area contributed by atoms with Crippen LogP contribution in [0.2, 0.25) is 0 Å². The van der Waals surface area contributed by atoms with Crippen LogP contribution in [0.3, 0.4) is 0 Å². The Bertz CT molecular complexity index is 126. The fraction of sp³-hybridized carbons (Fsp3) is 1.00. The molecule has 0 aliphatic rings. The molecule has 0 aromatic carbocycles. The Morgan fingerprint density at radius 1 is 1.22 bits per heavy atom. The van der Waals surface area contributed by atoms with Crippen LogP contribution in [0.4, 0.5) is 0 Å². The predicted octanol–water partition coefficient (Wildman–Crippen LogP) is -0.716. The highest BCUT2D eigenvalue weighted by atomic mass is 32.3. The summed E-state index contributed by atoms with van der Waals surface area (Å²) in [6.07, 6.45) is 0. The molecule has 0 spiro atoms. The van der Waals surface area contributed by atoms with Crippen LogP contribution in [-0.4, -0.2) is 41.9 Å². The minimum Gasteiger partial charge on any atom is -0.315 e. The van der Waals surface area contributed by atoms with Gasteiger partial charge in [-0.2, -0.15) is 13.5 Å². The van der Waals surface area contributed by atoms with Crippen LogP contribution < -0.4 is 0 Å². The van der Waals surface area contributed by atoms with Gasteiger partial charge in [0.2, 0.25) is 0 Å². The van der Waals surface area contributed by atoms with Crippen molar-refractivity contribution in [3.63, 3.8) is 0 Å². The second kappa shape index (κ2) is 4.65. The van der Waals surface area contributed by atoms with E-state index in [4.69, 9.17) is 22.7 Å². The highest BCUT2D eigenvalue weighted by molar-refractivity contribution is 7.79. The van der Waals surface area contributed by atoms with Crippen LogP contribution in [0.25, 0.3) is 0 Å². The lowest BCUT2D eigenvalue weighted by atomic mass is 11.2. The second-order valence-electron chi connectivity index (χ2n) is 1.30. The smallest absolute Gasteiger partial charge is 0.315 e. The van der Waals surface area contributed by atoms with E-state index < -0.39 is 10.4 Å². The molecule has 0 bridgehead atoms. The van der Waals surface area contributed by atoms with Crippen LogP contribution in [0.15, 0.2) is 0 Å². The van der Waals surface area contributed by atoms with Gasteiger partial charge in [-0.25, -0.2) is 0 Å². The number of hydrogen-bond donors (Lipinski definition) is 3. The molecular formula is C2H9NO5S. The Kier molecular flexibility index (Phi) is 5.98. The molecule has 0 atom stereocenters. The third-order valence-corrected chi connectivity index (χ3v) is 0. The first-order chi connectivity index (χ1) is 3.73. The van der Waals surface area contributed by atoms with Gasteiger partial charge in [-0.05, 0) is 0 Å². The molecule has 58 valence electrons. The van der Waals surface area contributed by atoms with Crippen LogP contribution >= 0.6 is 0 Å². The van der Waals surface area contributed by atoms with E-state index in [0.29, 0.717) is 0 Å². The van der Waals surface area contributed by atoms with Gasteiger partial charge in [-0.15, -0.1) is 0 Å². The molecule has 0 fully saturated rings. The quantitative estimate of drug-likeness (QED) is 0.319. The Morgan fingerprint density at radius 3 is 1.22 bits per heavy atom. The van der Waals surface area contributed by atoms with Crippen LogP contribution in [0, 0.1) is 0 Å². The first kappa shape index (κ1) is 11.6. The highest BCUT2D eigenvalue weighted by Gasteiger charge is 1.84. The normalized spacial score (nSPS) is 10.4. The van der Waals surface area contributed by atoms with E-state index in [1.165, 1.54) is 0 Å². The number of hydrogen-bond acceptors (Lipinski definition) is 4. The van der Waals surface area contributed by atoms with Crippen LogP contribution in [0.1, 0.15) is 0 Å². The first-order valence-electron chi connectivity index (χ1n) is 1.79. The maximum Gasteiger partial charge on any atom is 0.394 e. The zero-order valence-corrected chi connectivity index (χ0v) is 5.83. The van der Waals surface area contributed by atoms with E-state index >= 15 is 0 Å². The Hall–Kier alpha value is -0.210. The van der Waals surface area contributed by atoms with Gasteiger partial charge >= 0.3 is 10.4 Å².